The highest BCUT2D eigenvalue weighted by Gasteiger charge is 2.61. The van der Waals surface area contributed by atoms with E-state index < -0.39 is 5.97 Å². The van der Waals surface area contributed by atoms with Crippen LogP contribution in [-0.2, 0) is 9.59 Å². The number of carbonyl (C=O) groups is 3. The lowest BCUT2D eigenvalue weighted by atomic mass is 9.81. The van der Waals surface area contributed by atoms with E-state index in [-0.39, 0.29) is 46.7 Å². The molecule has 1 aromatic rings. The number of anilines is 1. The van der Waals surface area contributed by atoms with Gasteiger partial charge in [-0.25, -0.2) is 4.90 Å². The number of carbonyl (C=O) groups excluding carboxylic acids is 3. The number of hydrogen-bond donors (Lipinski definition) is 0. The fourth-order valence-electron chi connectivity index (χ4n) is 4.49. The third-order valence-corrected chi connectivity index (χ3v) is 5.29. The van der Waals surface area contributed by atoms with E-state index in [1.165, 1.54) is 12.1 Å². The molecular weight excluding hydrogens is 270 g/mol. The first kappa shape index (κ1) is 12.6. The molecule has 2 bridgehead atoms. The SMILES string of the molecule is O=C([O-])c1ccccc1N1C(=O)[C@H]2[C@@H]3CC[C@@H](C3)[C@@H]2C1=O. The Morgan fingerprint density at radius 3 is 2.19 bits per heavy atom. The first-order chi connectivity index (χ1) is 10.1. The summed E-state index contributed by atoms with van der Waals surface area (Å²) in [5.74, 6) is -1.74. The molecule has 0 spiro atoms. The molecule has 0 radical (unpaired) electrons. The average Bonchev–Trinajstić information content (AvgIpc) is 3.13. The molecule has 21 heavy (non-hydrogen) atoms. The molecule has 4 atom stereocenters. The third kappa shape index (κ3) is 1.54. The first-order valence-electron chi connectivity index (χ1n) is 7.28. The fourth-order valence-corrected chi connectivity index (χ4v) is 4.49. The van der Waals surface area contributed by atoms with Crippen LogP contribution in [0.3, 0.4) is 0 Å². The molecule has 1 heterocycles. The fraction of sp³-hybridized carbons (Fsp3) is 0.438. The van der Waals surface area contributed by atoms with E-state index in [9.17, 15) is 19.5 Å². The smallest absolute Gasteiger partial charge is 0.237 e. The van der Waals surface area contributed by atoms with Crippen LogP contribution in [0.2, 0.25) is 0 Å². The van der Waals surface area contributed by atoms with Crippen molar-refractivity contribution in [3.8, 4) is 0 Å². The number of fused-ring (bicyclic) bond motifs is 5. The molecule has 5 nitrogen and oxygen atoms in total. The molecular formula is C16H14NO4-. The van der Waals surface area contributed by atoms with Crippen LogP contribution in [0, 0.1) is 23.7 Å². The Morgan fingerprint density at radius 2 is 1.62 bits per heavy atom. The van der Waals surface area contributed by atoms with Gasteiger partial charge in [0.15, 0.2) is 0 Å². The van der Waals surface area contributed by atoms with Gasteiger partial charge in [-0.15, -0.1) is 0 Å². The number of para-hydroxylation sites is 1. The van der Waals surface area contributed by atoms with E-state index in [2.05, 4.69) is 0 Å². The van der Waals surface area contributed by atoms with Crippen LogP contribution in [0.5, 0.6) is 0 Å². The average molecular weight is 284 g/mol. The molecule has 1 saturated heterocycles. The number of rotatable bonds is 2. The molecule has 1 aliphatic heterocycles. The van der Waals surface area contributed by atoms with Crippen molar-refractivity contribution in [3.63, 3.8) is 0 Å². The second-order valence-corrected chi connectivity index (χ2v) is 6.20. The van der Waals surface area contributed by atoms with E-state index >= 15 is 0 Å². The Balaban J connectivity index is 1.79. The van der Waals surface area contributed by atoms with Crippen LogP contribution in [0.1, 0.15) is 29.6 Å². The number of carboxylic acid groups (broad SMARTS) is 1. The molecule has 2 amide bonds. The predicted octanol–water partition coefficient (Wildman–Crippen LogP) is 0.586. The van der Waals surface area contributed by atoms with E-state index in [1.54, 1.807) is 12.1 Å². The van der Waals surface area contributed by atoms with Gasteiger partial charge in [0.1, 0.15) is 0 Å². The molecule has 2 aliphatic carbocycles. The van der Waals surface area contributed by atoms with Gasteiger partial charge < -0.3 is 9.90 Å². The third-order valence-electron chi connectivity index (χ3n) is 5.29. The summed E-state index contributed by atoms with van der Waals surface area (Å²) >= 11 is 0. The van der Waals surface area contributed by atoms with Gasteiger partial charge in [0.2, 0.25) is 11.8 Å². The molecule has 108 valence electrons. The summed E-state index contributed by atoms with van der Waals surface area (Å²) < 4.78 is 0. The van der Waals surface area contributed by atoms with Crippen LogP contribution in [0.15, 0.2) is 24.3 Å². The van der Waals surface area contributed by atoms with Crippen molar-refractivity contribution in [3.05, 3.63) is 29.8 Å². The number of carboxylic acids is 1. The number of nitrogens with zero attached hydrogens (tertiary/aromatic N) is 1. The predicted molar refractivity (Wildman–Crippen MR) is 71.1 cm³/mol. The zero-order valence-electron chi connectivity index (χ0n) is 11.3. The molecule has 0 N–H and O–H groups in total. The quantitative estimate of drug-likeness (QED) is 0.744. The van der Waals surface area contributed by atoms with Gasteiger partial charge in [0.25, 0.3) is 0 Å². The Kier molecular flexibility index (Phi) is 2.49. The summed E-state index contributed by atoms with van der Waals surface area (Å²) in [4.78, 5) is 37.6. The van der Waals surface area contributed by atoms with E-state index in [4.69, 9.17) is 0 Å². The minimum atomic E-state index is -1.37. The number of imide groups is 1. The van der Waals surface area contributed by atoms with Crippen molar-refractivity contribution >= 4 is 23.5 Å². The standard InChI is InChI=1S/C16H15NO4/c18-14-12-8-5-6-9(7-8)13(12)15(19)17(14)11-4-2-1-3-10(11)16(20)21/h1-4,8-9,12-13H,5-7H2,(H,20,21)/p-1/t8-,9+,12-,13-/m0/s1. The minimum absolute atomic E-state index is 0.105. The zero-order valence-corrected chi connectivity index (χ0v) is 11.3. The maximum atomic E-state index is 12.7. The lowest BCUT2D eigenvalue weighted by molar-refractivity contribution is -0.254. The van der Waals surface area contributed by atoms with Crippen molar-refractivity contribution in [2.75, 3.05) is 4.90 Å². The van der Waals surface area contributed by atoms with Crippen molar-refractivity contribution in [1.29, 1.82) is 0 Å². The number of amides is 2. The van der Waals surface area contributed by atoms with Gasteiger partial charge >= 0.3 is 0 Å². The summed E-state index contributed by atoms with van der Waals surface area (Å²) in [5, 5.41) is 11.2. The second kappa shape index (κ2) is 4.16. The lowest BCUT2D eigenvalue weighted by Gasteiger charge is -2.20. The van der Waals surface area contributed by atoms with Crippen molar-refractivity contribution in [2.24, 2.45) is 23.7 Å². The van der Waals surface area contributed by atoms with E-state index in [0.29, 0.717) is 0 Å². The van der Waals surface area contributed by atoms with E-state index in [1.807, 2.05) is 0 Å². The van der Waals surface area contributed by atoms with Gasteiger partial charge in [0.05, 0.1) is 23.5 Å². The number of benzene rings is 1. The summed E-state index contributed by atoms with van der Waals surface area (Å²) in [7, 11) is 0. The molecule has 1 aromatic carbocycles. The summed E-state index contributed by atoms with van der Waals surface area (Å²) in [6, 6.07) is 6.06. The normalized spacial score (nSPS) is 33.6. The van der Waals surface area contributed by atoms with E-state index in [0.717, 1.165) is 24.2 Å². The first-order valence-corrected chi connectivity index (χ1v) is 7.28. The molecule has 3 fully saturated rings. The summed E-state index contributed by atoms with van der Waals surface area (Å²) in [6.07, 6.45) is 2.96. The molecule has 5 heteroatoms. The van der Waals surface area contributed by atoms with Crippen LogP contribution < -0.4 is 10.0 Å². The maximum Gasteiger partial charge on any atom is 0.237 e. The van der Waals surface area contributed by atoms with Crippen molar-refractivity contribution in [2.45, 2.75) is 19.3 Å². The summed E-state index contributed by atoms with van der Waals surface area (Å²) in [5.41, 5.74) is 0.0489. The van der Waals surface area contributed by atoms with Gasteiger partial charge in [-0.1, -0.05) is 18.2 Å². The van der Waals surface area contributed by atoms with Gasteiger partial charge in [-0.2, -0.15) is 0 Å². The Morgan fingerprint density at radius 1 is 1.05 bits per heavy atom. The Bertz CT molecular complexity index is 640. The monoisotopic (exact) mass is 284 g/mol. The Labute approximate surface area is 121 Å². The van der Waals surface area contributed by atoms with Crippen molar-refractivity contribution < 1.29 is 19.5 Å². The second-order valence-electron chi connectivity index (χ2n) is 6.20. The molecule has 3 aliphatic rings. The topological polar surface area (TPSA) is 77.5 Å². The number of hydrogen-bond acceptors (Lipinski definition) is 4. The Hall–Kier alpha value is -2.17. The molecule has 0 unspecified atom stereocenters. The molecule has 0 aromatic heterocycles. The highest BCUT2D eigenvalue weighted by Crippen LogP contribution is 2.56. The van der Waals surface area contributed by atoms with Gasteiger partial charge in [0, 0.05) is 5.56 Å². The van der Waals surface area contributed by atoms with Crippen LogP contribution in [0.25, 0.3) is 0 Å². The zero-order chi connectivity index (χ0) is 14.7. The highest BCUT2D eigenvalue weighted by atomic mass is 16.4. The number of aromatic carboxylic acids is 1. The van der Waals surface area contributed by atoms with Crippen LogP contribution in [0.4, 0.5) is 5.69 Å². The van der Waals surface area contributed by atoms with Crippen molar-refractivity contribution in [1.82, 2.24) is 0 Å². The van der Waals surface area contributed by atoms with Crippen LogP contribution in [-0.4, -0.2) is 17.8 Å². The van der Waals surface area contributed by atoms with Crippen LogP contribution >= 0.6 is 0 Å². The lowest BCUT2D eigenvalue weighted by Crippen LogP contribution is -2.35. The van der Waals surface area contributed by atoms with Gasteiger partial charge in [-0.3, -0.25) is 9.59 Å². The van der Waals surface area contributed by atoms with Gasteiger partial charge in [-0.05, 0) is 37.2 Å². The largest absolute Gasteiger partial charge is 0.545 e. The molecule has 4 rings (SSSR count). The minimum Gasteiger partial charge on any atom is -0.545 e. The highest BCUT2D eigenvalue weighted by molar-refractivity contribution is 6.24. The maximum absolute atomic E-state index is 12.7. The summed E-state index contributed by atoms with van der Waals surface area (Å²) in [6.45, 7) is 0. The molecule has 2 saturated carbocycles.